The highest BCUT2D eigenvalue weighted by Gasteiger charge is 2.38. The smallest absolute Gasteiger partial charge is 0.273 e. The van der Waals surface area contributed by atoms with Gasteiger partial charge >= 0.3 is 0 Å². The predicted octanol–water partition coefficient (Wildman–Crippen LogP) is 3.27. The van der Waals surface area contributed by atoms with Gasteiger partial charge in [-0.05, 0) is 48.9 Å². The van der Waals surface area contributed by atoms with Crippen LogP contribution in [0.3, 0.4) is 0 Å². The number of carbonyl (C=O) groups excluding carboxylic acids is 2. The molecule has 0 unspecified atom stereocenters. The van der Waals surface area contributed by atoms with Crippen molar-refractivity contribution in [3.05, 3.63) is 77.5 Å². The third kappa shape index (κ3) is 7.07. The summed E-state index contributed by atoms with van der Waals surface area (Å²) in [5, 5.41) is 20.5. The van der Waals surface area contributed by atoms with Crippen LogP contribution in [0.15, 0.2) is 59.1 Å². The Hall–Kier alpha value is -3.63. The van der Waals surface area contributed by atoms with Crippen molar-refractivity contribution in [2.45, 2.75) is 25.9 Å². The number of nitrogens with zero attached hydrogens (tertiary/aromatic N) is 2. The highest BCUT2D eigenvalue weighted by molar-refractivity contribution is 5.93. The molecule has 1 fully saturated rings. The van der Waals surface area contributed by atoms with Crippen LogP contribution in [-0.2, 0) is 11.2 Å². The van der Waals surface area contributed by atoms with Gasteiger partial charge in [-0.15, -0.1) is 0 Å². The van der Waals surface area contributed by atoms with Gasteiger partial charge in [0.15, 0.2) is 11.5 Å². The van der Waals surface area contributed by atoms with Gasteiger partial charge in [0.1, 0.15) is 11.6 Å². The van der Waals surface area contributed by atoms with Crippen LogP contribution in [0, 0.1) is 29.4 Å². The fraction of sp³-hybridized carbons (Fsp3) is 0.414. The zero-order valence-electron chi connectivity index (χ0n) is 22.1. The molecule has 1 saturated heterocycles. The predicted molar refractivity (Wildman–Crippen MR) is 142 cm³/mol. The number of piperidine rings is 1. The lowest BCUT2D eigenvalue weighted by molar-refractivity contribution is -0.138. The molecule has 1 aliphatic rings. The zero-order valence-corrected chi connectivity index (χ0v) is 22.1. The Balaban J connectivity index is 1.32. The summed E-state index contributed by atoms with van der Waals surface area (Å²) in [5.41, 5.74) is 1.05. The highest BCUT2D eigenvalue weighted by atomic mass is 19.1. The normalized spacial score (nSPS) is 18.8. The number of rotatable bonds is 10. The Bertz CT molecular complexity index is 1270. The number of aliphatic hydroxyl groups excluding tert-OH is 1. The molecule has 2 heterocycles. The number of nitrogens with one attached hydrogen (secondary N) is 2. The molecule has 0 bridgehead atoms. The third-order valence-corrected chi connectivity index (χ3v) is 7.50. The summed E-state index contributed by atoms with van der Waals surface area (Å²) in [6, 6.07) is 14.3. The van der Waals surface area contributed by atoms with Crippen molar-refractivity contribution in [3.63, 3.8) is 0 Å². The summed E-state index contributed by atoms with van der Waals surface area (Å²) >= 11 is 0. The van der Waals surface area contributed by atoms with Crippen molar-refractivity contribution in [3.8, 4) is 11.3 Å². The van der Waals surface area contributed by atoms with Gasteiger partial charge in [0, 0.05) is 38.8 Å². The van der Waals surface area contributed by atoms with E-state index < -0.39 is 23.6 Å². The number of benzene rings is 2. The maximum atomic E-state index is 14.0. The molecule has 2 amide bonds. The minimum absolute atomic E-state index is 0.0148. The van der Waals surface area contributed by atoms with Gasteiger partial charge in [-0.1, -0.05) is 42.4 Å². The summed E-state index contributed by atoms with van der Waals surface area (Å²) in [4.78, 5) is 27.7. The van der Waals surface area contributed by atoms with Crippen LogP contribution in [0.1, 0.15) is 29.4 Å². The van der Waals surface area contributed by atoms with Crippen molar-refractivity contribution >= 4 is 11.8 Å². The molecule has 208 valence electrons. The van der Waals surface area contributed by atoms with E-state index in [2.05, 4.69) is 15.8 Å². The van der Waals surface area contributed by atoms with Gasteiger partial charge < -0.3 is 25.2 Å². The summed E-state index contributed by atoms with van der Waals surface area (Å²) in [7, 11) is 1.81. The average Bonchev–Trinajstić information content (AvgIpc) is 3.44. The Kier molecular flexibility index (Phi) is 9.42. The van der Waals surface area contributed by atoms with Crippen LogP contribution >= 0.6 is 0 Å². The third-order valence-electron chi connectivity index (χ3n) is 7.50. The lowest BCUT2D eigenvalue weighted by atomic mass is 9.75. The summed E-state index contributed by atoms with van der Waals surface area (Å²) < 4.78 is 32.3. The van der Waals surface area contributed by atoms with Gasteiger partial charge in [-0.25, -0.2) is 8.78 Å². The van der Waals surface area contributed by atoms with Crippen molar-refractivity contribution in [2.75, 3.05) is 33.2 Å². The number of likely N-dealkylation sites (N-methyl/N-ethyl adjacent to an activating group) is 1. The van der Waals surface area contributed by atoms with E-state index in [9.17, 15) is 23.5 Å². The van der Waals surface area contributed by atoms with Gasteiger partial charge in [0.25, 0.3) is 5.91 Å². The van der Waals surface area contributed by atoms with E-state index in [0.29, 0.717) is 13.1 Å². The summed E-state index contributed by atoms with van der Waals surface area (Å²) in [6.07, 6.45) is 0.587. The number of aliphatic hydroxyl groups is 1. The van der Waals surface area contributed by atoms with Gasteiger partial charge in [-0.2, -0.15) is 0 Å². The number of hydrogen-bond donors (Lipinski definition) is 3. The lowest BCUT2D eigenvalue weighted by Crippen LogP contribution is -2.50. The molecule has 0 aliphatic carbocycles. The molecule has 3 aromatic rings. The number of aromatic nitrogens is 1. The first kappa shape index (κ1) is 28.4. The number of carbonyl (C=O) groups is 2. The fourth-order valence-corrected chi connectivity index (χ4v) is 5.07. The maximum Gasteiger partial charge on any atom is 0.273 e. The monoisotopic (exact) mass is 540 g/mol. The zero-order chi connectivity index (χ0) is 27.9. The Morgan fingerprint density at radius 3 is 2.72 bits per heavy atom. The number of hydrogen-bond acceptors (Lipinski definition) is 6. The summed E-state index contributed by atoms with van der Waals surface area (Å²) in [5.74, 6) is -2.75. The first-order chi connectivity index (χ1) is 18.7. The molecule has 1 aromatic heterocycles. The Morgan fingerprint density at radius 2 is 1.97 bits per heavy atom. The lowest BCUT2D eigenvalue weighted by Gasteiger charge is -2.38. The summed E-state index contributed by atoms with van der Waals surface area (Å²) in [6.45, 7) is 3.71. The molecule has 39 heavy (non-hydrogen) atoms. The first-order valence-corrected chi connectivity index (χ1v) is 13.1. The highest BCUT2D eigenvalue weighted by Crippen LogP contribution is 2.31. The van der Waals surface area contributed by atoms with Crippen LogP contribution in [0.4, 0.5) is 8.78 Å². The van der Waals surface area contributed by atoms with Crippen molar-refractivity contribution in [2.24, 2.45) is 17.8 Å². The molecule has 0 spiro atoms. The molecule has 3 N–H and O–H groups in total. The topological polar surface area (TPSA) is 108 Å². The average molecular weight is 541 g/mol. The van der Waals surface area contributed by atoms with Gasteiger partial charge in [0.2, 0.25) is 5.91 Å². The SMILES string of the molecule is C[C@@H]([C@@H]1CCNC[C@H]1C(=O)N(C)CCc1ccccc1)[C@H](O)CNC(=O)c1cc(-c2ccc(F)cc2F)on1. The van der Waals surface area contributed by atoms with E-state index in [-0.39, 0.29) is 47.2 Å². The Labute approximate surface area is 226 Å². The first-order valence-electron chi connectivity index (χ1n) is 13.1. The van der Waals surface area contributed by atoms with Gasteiger partial charge in [0.05, 0.1) is 17.6 Å². The second kappa shape index (κ2) is 12.9. The van der Waals surface area contributed by atoms with Crippen LogP contribution in [0.25, 0.3) is 11.3 Å². The minimum Gasteiger partial charge on any atom is -0.391 e. The van der Waals surface area contributed by atoms with Crippen molar-refractivity contribution in [1.82, 2.24) is 20.7 Å². The second-order valence-electron chi connectivity index (χ2n) is 10.1. The molecule has 10 heteroatoms. The van der Waals surface area contributed by atoms with Crippen LogP contribution in [-0.4, -0.2) is 66.3 Å². The van der Waals surface area contributed by atoms with Gasteiger partial charge in [-0.3, -0.25) is 9.59 Å². The second-order valence-corrected chi connectivity index (χ2v) is 10.1. The number of halogens is 2. The van der Waals surface area contributed by atoms with Crippen LogP contribution < -0.4 is 10.6 Å². The van der Waals surface area contributed by atoms with Crippen LogP contribution in [0.5, 0.6) is 0 Å². The molecule has 4 atom stereocenters. The molecule has 0 radical (unpaired) electrons. The fourth-order valence-electron chi connectivity index (χ4n) is 5.07. The van der Waals surface area contributed by atoms with E-state index >= 15 is 0 Å². The number of amides is 2. The molecule has 0 saturated carbocycles. The standard InChI is InChI=1S/C29H34F2N4O4/c1-18(21-10-12-32-16-23(21)29(38)35(2)13-11-19-6-4-3-5-7-19)26(36)17-33-28(37)25-15-27(39-34-25)22-9-8-20(30)14-24(22)31/h3-9,14-15,18,21,23,26,32,36H,10-13,16-17H2,1-2H3,(H,33,37)/t18-,21-,23+,26+/m0/s1. The molecular formula is C29H34F2N4O4. The van der Waals surface area contributed by atoms with E-state index in [1.165, 1.54) is 12.1 Å². The Morgan fingerprint density at radius 1 is 1.21 bits per heavy atom. The van der Waals surface area contributed by atoms with Crippen LogP contribution in [0.2, 0.25) is 0 Å². The van der Waals surface area contributed by atoms with E-state index in [1.807, 2.05) is 44.3 Å². The molecule has 1 aliphatic heterocycles. The van der Waals surface area contributed by atoms with Crippen molar-refractivity contribution < 1.29 is 28.0 Å². The molecule has 8 nitrogen and oxygen atoms in total. The molecular weight excluding hydrogens is 506 g/mol. The van der Waals surface area contributed by atoms with E-state index in [4.69, 9.17) is 4.52 Å². The quantitative estimate of drug-likeness (QED) is 0.364. The molecule has 2 aromatic carbocycles. The van der Waals surface area contributed by atoms with Crippen molar-refractivity contribution in [1.29, 1.82) is 0 Å². The minimum atomic E-state index is -0.900. The largest absolute Gasteiger partial charge is 0.391 e. The maximum absolute atomic E-state index is 14.0. The van der Waals surface area contributed by atoms with E-state index in [1.54, 1.807) is 4.90 Å². The molecule has 4 rings (SSSR count). The van der Waals surface area contributed by atoms with E-state index in [0.717, 1.165) is 37.1 Å².